The van der Waals surface area contributed by atoms with Gasteiger partial charge in [-0.2, -0.15) is 11.8 Å². The molecule has 0 radical (unpaired) electrons. The summed E-state index contributed by atoms with van der Waals surface area (Å²) in [6, 6.07) is 0. The van der Waals surface area contributed by atoms with Crippen LogP contribution < -0.4 is 5.32 Å². The van der Waals surface area contributed by atoms with E-state index < -0.39 is 0 Å². The van der Waals surface area contributed by atoms with E-state index in [2.05, 4.69) is 70.4 Å². The lowest BCUT2D eigenvalue weighted by molar-refractivity contribution is -0.248. The second-order valence-corrected chi connectivity index (χ2v) is 22.2. The Balaban J connectivity index is 1.28. The first-order valence-electron chi connectivity index (χ1n) is 24.1. The number of hydrogen-bond donors (Lipinski definition) is 1. The van der Waals surface area contributed by atoms with E-state index in [-0.39, 0.29) is 45.1 Å². The van der Waals surface area contributed by atoms with Gasteiger partial charge in [0.15, 0.2) is 0 Å². The van der Waals surface area contributed by atoms with Gasteiger partial charge in [0.1, 0.15) is 6.10 Å². The second kappa shape index (κ2) is 20.1. The smallest absolute Gasteiger partial charge is 0.305 e. The van der Waals surface area contributed by atoms with E-state index in [4.69, 9.17) is 16.1 Å². The van der Waals surface area contributed by atoms with E-state index in [1.54, 1.807) is 6.92 Å². The molecule has 5 aliphatic carbocycles. The lowest BCUT2D eigenvalue weighted by Crippen LogP contribution is -2.67. The zero-order chi connectivity index (χ0) is 42.4. The molecular formula is C50H86N2O5S. The number of nitrogens with zero attached hydrogens (tertiary/aromatic N) is 1. The molecule has 0 spiro atoms. The molecule has 0 aromatic heterocycles. The van der Waals surface area contributed by atoms with Gasteiger partial charge in [0.25, 0.3) is 0 Å². The molecule has 332 valence electrons. The van der Waals surface area contributed by atoms with Crippen LogP contribution in [-0.2, 0) is 23.9 Å². The van der Waals surface area contributed by atoms with Crippen molar-refractivity contribution in [3.63, 3.8) is 0 Å². The molecule has 5 aliphatic rings. The maximum absolute atomic E-state index is 14.8. The first kappa shape index (κ1) is 47.5. The van der Waals surface area contributed by atoms with Crippen LogP contribution in [0, 0.1) is 56.7 Å². The van der Waals surface area contributed by atoms with Gasteiger partial charge in [-0.3, -0.25) is 14.4 Å². The maximum atomic E-state index is 14.8. The second-order valence-electron chi connectivity index (χ2n) is 21.1. The Labute approximate surface area is 359 Å². The number of esters is 2. The van der Waals surface area contributed by atoms with Crippen molar-refractivity contribution in [3.05, 3.63) is 12.2 Å². The van der Waals surface area contributed by atoms with Gasteiger partial charge in [0.05, 0.1) is 12.5 Å². The summed E-state index contributed by atoms with van der Waals surface area (Å²) in [6.07, 6.45) is 20.8. The molecule has 7 nitrogen and oxygen atoms in total. The summed E-state index contributed by atoms with van der Waals surface area (Å²) in [5.74, 6) is 4.72. The Morgan fingerprint density at radius 1 is 0.776 bits per heavy atom. The van der Waals surface area contributed by atoms with Gasteiger partial charge in [0, 0.05) is 43.4 Å². The molecule has 1 amide bonds. The van der Waals surface area contributed by atoms with Crippen LogP contribution in [-0.4, -0.2) is 73.6 Å². The van der Waals surface area contributed by atoms with Crippen LogP contribution >= 0.6 is 11.8 Å². The van der Waals surface area contributed by atoms with E-state index in [0.717, 1.165) is 102 Å². The van der Waals surface area contributed by atoms with Crippen LogP contribution in [0.25, 0.3) is 0 Å². The van der Waals surface area contributed by atoms with Gasteiger partial charge in [-0.05, 0) is 136 Å². The van der Waals surface area contributed by atoms with Gasteiger partial charge < -0.3 is 19.7 Å². The Kier molecular flexibility index (Phi) is 16.5. The third-order valence-electron chi connectivity index (χ3n) is 18.2. The molecule has 5 fully saturated rings. The number of carbonyl (C=O) groups excluding carboxylic acids is 3. The molecule has 8 heteroatoms. The van der Waals surface area contributed by atoms with Crippen LogP contribution in [0.15, 0.2) is 12.2 Å². The number of rotatable bonds is 21. The van der Waals surface area contributed by atoms with Gasteiger partial charge in [-0.15, -0.1) is 0 Å². The fourth-order valence-corrected chi connectivity index (χ4v) is 15.8. The van der Waals surface area contributed by atoms with Crippen molar-refractivity contribution in [1.29, 1.82) is 0 Å². The van der Waals surface area contributed by atoms with Crippen molar-refractivity contribution in [1.82, 2.24) is 10.2 Å². The number of unbranched alkanes of at least 4 members (excludes halogenated alkanes) is 7. The predicted molar refractivity (Wildman–Crippen MR) is 241 cm³/mol. The Bertz CT molecular complexity index is 1410. The molecule has 0 unspecified atom stereocenters. The summed E-state index contributed by atoms with van der Waals surface area (Å²) in [5, 5.41) is 3.57. The topological polar surface area (TPSA) is 84.9 Å². The summed E-state index contributed by atoms with van der Waals surface area (Å²) < 4.78 is 10.8. The Morgan fingerprint density at radius 2 is 1.45 bits per heavy atom. The fraction of sp³-hybridized carbons (Fsp3) is 0.900. The van der Waals surface area contributed by atoms with Crippen LogP contribution in [0.5, 0.6) is 0 Å². The van der Waals surface area contributed by atoms with E-state index in [1.807, 2.05) is 0 Å². The number of carbonyl (C=O) groups is 3. The molecule has 58 heavy (non-hydrogen) atoms. The highest BCUT2D eigenvalue weighted by Gasteiger charge is 2.72. The highest BCUT2D eigenvalue weighted by atomic mass is 32.2. The quantitative estimate of drug-likeness (QED) is 0.0701. The highest BCUT2D eigenvalue weighted by molar-refractivity contribution is 7.99. The molecule has 5 rings (SSSR count). The molecule has 1 N–H and O–H groups in total. The van der Waals surface area contributed by atoms with Gasteiger partial charge in [0.2, 0.25) is 5.91 Å². The van der Waals surface area contributed by atoms with E-state index in [9.17, 15) is 14.4 Å². The average molecular weight is 827 g/mol. The monoisotopic (exact) mass is 827 g/mol. The number of hydrogen-bond acceptors (Lipinski definition) is 7. The first-order chi connectivity index (χ1) is 27.6. The van der Waals surface area contributed by atoms with Crippen molar-refractivity contribution >= 4 is 29.6 Å². The van der Waals surface area contributed by atoms with Crippen LogP contribution in [0.2, 0.25) is 0 Å². The molecule has 5 saturated carbocycles. The molecule has 10 atom stereocenters. The van der Waals surface area contributed by atoms with Crippen molar-refractivity contribution in [3.8, 4) is 0 Å². The van der Waals surface area contributed by atoms with Crippen molar-refractivity contribution in [2.24, 2.45) is 56.7 Å². The minimum absolute atomic E-state index is 0.00120. The van der Waals surface area contributed by atoms with Crippen LogP contribution in [0.3, 0.4) is 0 Å². The zero-order valence-electron chi connectivity index (χ0n) is 38.7. The largest absolute Gasteiger partial charge is 0.469 e. The fourth-order valence-electron chi connectivity index (χ4n) is 14.8. The van der Waals surface area contributed by atoms with E-state index >= 15 is 0 Å². The third-order valence-corrected chi connectivity index (χ3v) is 19.3. The van der Waals surface area contributed by atoms with Crippen LogP contribution in [0.1, 0.15) is 177 Å². The van der Waals surface area contributed by atoms with Crippen molar-refractivity contribution < 1.29 is 23.9 Å². The SMILES string of the molecule is C=C(CSCCN(CC)CC)[C@@H]1CC[C@]2(C(=O)NCCCCCCCCCCC(=O)OC)CC[C@]3(C)[C@H](CC[C@@H]4[C@@]5(C)CC[C@H](OC(C)=O)C(C)(C)[C@@H]5CC[C@]43C)[C@@H]12. The molecule has 0 saturated heterocycles. The number of thioether (sulfide) groups is 1. The number of fused-ring (bicyclic) bond motifs is 7. The highest BCUT2D eigenvalue weighted by Crippen LogP contribution is 2.77. The minimum atomic E-state index is -0.289. The predicted octanol–water partition coefficient (Wildman–Crippen LogP) is 11.4. The summed E-state index contributed by atoms with van der Waals surface area (Å²) in [7, 11) is 1.46. The number of nitrogens with one attached hydrogen (secondary N) is 1. The molecule has 0 heterocycles. The average Bonchev–Trinajstić information content (AvgIpc) is 3.59. The van der Waals surface area contributed by atoms with E-state index in [0.29, 0.717) is 41.9 Å². The first-order valence-corrected chi connectivity index (χ1v) is 25.2. The summed E-state index contributed by atoms with van der Waals surface area (Å²) in [6.45, 7) is 27.8. The van der Waals surface area contributed by atoms with Crippen molar-refractivity contribution in [2.75, 3.05) is 44.8 Å². The normalized spacial score (nSPS) is 36.2. The lowest BCUT2D eigenvalue weighted by Gasteiger charge is -2.72. The van der Waals surface area contributed by atoms with E-state index in [1.165, 1.54) is 64.0 Å². The third kappa shape index (κ3) is 9.43. The summed E-state index contributed by atoms with van der Waals surface area (Å²) >= 11 is 2.05. The lowest BCUT2D eigenvalue weighted by atomic mass is 9.32. The Hall–Kier alpha value is -1.54. The summed E-state index contributed by atoms with van der Waals surface area (Å²) in [4.78, 5) is 40.9. The maximum Gasteiger partial charge on any atom is 0.305 e. The van der Waals surface area contributed by atoms with Gasteiger partial charge in [-0.25, -0.2) is 0 Å². The van der Waals surface area contributed by atoms with Gasteiger partial charge >= 0.3 is 11.9 Å². The Morgan fingerprint density at radius 3 is 2.10 bits per heavy atom. The zero-order valence-corrected chi connectivity index (χ0v) is 39.6. The number of amides is 1. The standard InChI is InChI=1S/C50H86N2O5S/c1-11-52(12-2)33-34-58-35-36(3)38-24-29-50(45(55)51-32-20-18-16-14-13-15-17-19-21-43(54)56-10)31-30-48(8)39(44(38)50)22-23-41-47(7)27-26-42(57-37(4)53)46(5,6)40(47)25-28-49(41,48)9/h38-42,44H,3,11-35H2,1-2,4-10H3,(H,51,55)/t38-,39+,40-,41+,42-,44+,47-,48+,49+,50-/m0/s1. The van der Waals surface area contributed by atoms with Gasteiger partial charge in [-0.1, -0.05) is 99.1 Å². The summed E-state index contributed by atoms with van der Waals surface area (Å²) in [5.41, 5.74) is 1.67. The number of ether oxygens (including phenoxy) is 2. The molecule has 0 bridgehead atoms. The molecule has 0 aliphatic heterocycles. The molecule has 0 aromatic rings. The van der Waals surface area contributed by atoms with Crippen molar-refractivity contribution in [2.45, 2.75) is 183 Å². The number of methoxy groups -OCH3 is 1. The molecular weight excluding hydrogens is 741 g/mol. The molecule has 0 aromatic carbocycles. The van der Waals surface area contributed by atoms with Crippen LogP contribution in [0.4, 0.5) is 0 Å². The minimum Gasteiger partial charge on any atom is -0.469 e.